The molecule has 0 radical (unpaired) electrons. The van der Waals surface area contributed by atoms with Gasteiger partial charge in [0.15, 0.2) is 11.5 Å². The van der Waals surface area contributed by atoms with E-state index in [1.54, 1.807) is 20.3 Å². The minimum Gasteiger partial charge on any atom is -0.493 e. The first-order chi connectivity index (χ1) is 14.4. The fraction of sp³-hybridized carbons (Fsp3) is 0.292. The third-order valence-corrected chi connectivity index (χ3v) is 5.81. The van der Waals surface area contributed by atoms with E-state index in [4.69, 9.17) is 25.5 Å². The molecule has 1 atom stereocenters. The Hall–Kier alpha value is -2.92. The Morgan fingerprint density at radius 2 is 1.83 bits per heavy atom. The van der Waals surface area contributed by atoms with Crippen LogP contribution in [-0.4, -0.2) is 31.6 Å². The van der Waals surface area contributed by atoms with Crippen LogP contribution in [0.15, 0.2) is 46.9 Å². The summed E-state index contributed by atoms with van der Waals surface area (Å²) in [5.41, 5.74) is 3.67. The number of halogens is 1. The Kier molecular flexibility index (Phi) is 5.48. The van der Waals surface area contributed by atoms with Gasteiger partial charge in [0.05, 0.1) is 25.8 Å². The van der Waals surface area contributed by atoms with E-state index in [1.165, 1.54) is 0 Å². The van der Waals surface area contributed by atoms with Crippen molar-refractivity contribution in [3.63, 3.8) is 0 Å². The molecule has 0 aliphatic carbocycles. The molecule has 0 bridgehead atoms. The molecular formula is C24H24ClNO4. The molecule has 0 spiro atoms. The largest absolute Gasteiger partial charge is 0.493 e. The van der Waals surface area contributed by atoms with E-state index >= 15 is 0 Å². The predicted octanol–water partition coefficient (Wildman–Crippen LogP) is 5.35. The number of ether oxygens (including phenoxy) is 2. The minimum atomic E-state index is -0.297. The number of carbonyl (C=O) groups excluding carboxylic acids is 1. The summed E-state index contributed by atoms with van der Waals surface area (Å²) in [7, 11) is 3.24. The van der Waals surface area contributed by atoms with Gasteiger partial charge in [-0.25, -0.2) is 0 Å². The van der Waals surface area contributed by atoms with Crippen LogP contribution in [0.1, 0.15) is 44.6 Å². The van der Waals surface area contributed by atoms with Crippen LogP contribution >= 0.6 is 11.6 Å². The number of hydrogen-bond donors (Lipinski definition) is 0. The Morgan fingerprint density at radius 1 is 1.10 bits per heavy atom. The number of methoxy groups -OCH3 is 2. The van der Waals surface area contributed by atoms with Crippen molar-refractivity contribution in [2.24, 2.45) is 0 Å². The van der Waals surface area contributed by atoms with E-state index < -0.39 is 0 Å². The van der Waals surface area contributed by atoms with Crippen molar-refractivity contribution >= 4 is 17.5 Å². The number of fused-ring (bicyclic) bond motifs is 1. The topological polar surface area (TPSA) is 51.9 Å². The van der Waals surface area contributed by atoms with Crippen LogP contribution in [0.4, 0.5) is 0 Å². The third-order valence-electron chi connectivity index (χ3n) is 5.57. The van der Waals surface area contributed by atoms with E-state index in [1.807, 2.05) is 55.1 Å². The molecule has 0 saturated carbocycles. The van der Waals surface area contributed by atoms with Crippen LogP contribution in [-0.2, 0) is 6.42 Å². The lowest BCUT2D eigenvalue weighted by molar-refractivity contribution is 0.0692. The summed E-state index contributed by atoms with van der Waals surface area (Å²) in [5.74, 6) is 2.60. The summed E-state index contributed by atoms with van der Waals surface area (Å²) in [6.07, 6.45) is 0.717. The number of carbonyl (C=O) groups is 1. The highest BCUT2D eigenvalue weighted by molar-refractivity contribution is 6.30. The predicted molar refractivity (Wildman–Crippen MR) is 116 cm³/mol. The molecule has 156 valence electrons. The highest BCUT2D eigenvalue weighted by Crippen LogP contribution is 2.42. The summed E-state index contributed by atoms with van der Waals surface area (Å²) in [4.78, 5) is 15.5. The number of aryl methyl sites for hydroxylation is 2. The normalized spacial score (nSPS) is 15.6. The van der Waals surface area contributed by atoms with Crippen LogP contribution in [0.3, 0.4) is 0 Å². The molecule has 0 fully saturated rings. The van der Waals surface area contributed by atoms with Gasteiger partial charge >= 0.3 is 0 Å². The number of benzene rings is 2. The Bertz CT molecular complexity index is 1100. The van der Waals surface area contributed by atoms with E-state index in [0.29, 0.717) is 40.8 Å². The Labute approximate surface area is 181 Å². The minimum absolute atomic E-state index is 0.0604. The van der Waals surface area contributed by atoms with E-state index in [2.05, 4.69) is 0 Å². The Balaban J connectivity index is 1.87. The summed E-state index contributed by atoms with van der Waals surface area (Å²) in [5, 5.41) is 0.628. The summed E-state index contributed by atoms with van der Waals surface area (Å²) < 4.78 is 16.6. The van der Waals surface area contributed by atoms with Crippen molar-refractivity contribution in [1.82, 2.24) is 4.90 Å². The van der Waals surface area contributed by atoms with Crippen LogP contribution in [0.5, 0.6) is 11.5 Å². The molecule has 0 unspecified atom stereocenters. The van der Waals surface area contributed by atoms with Crippen LogP contribution < -0.4 is 9.47 Å². The van der Waals surface area contributed by atoms with Gasteiger partial charge in [0.25, 0.3) is 5.91 Å². The van der Waals surface area contributed by atoms with Crippen molar-refractivity contribution in [1.29, 1.82) is 0 Å². The zero-order chi connectivity index (χ0) is 21.4. The average Bonchev–Trinajstić information content (AvgIpc) is 3.09. The second-order valence-corrected chi connectivity index (χ2v) is 7.88. The Morgan fingerprint density at radius 3 is 2.47 bits per heavy atom. The molecule has 1 amide bonds. The fourth-order valence-electron chi connectivity index (χ4n) is 4.20. The second kappa shape index (κ2) is 8.07. The summed E-state index contributed by atoms with van der Waals surface area (Å²) in [6.45, 7) is 4.24. The van der Waals surface area contributed by atoms with Gasteiger partial charge in [-0.3, -0.25) is 4.79 Å². The lowest BCUT2D eigenvalue weighted by atomic mass is 9.87. The molecule has 2 aromatic carbocycles. The maximum absolute atomic E-state index is 13.6. The first-order valence-electron chi connectivity index (χ1n) is 9.81. The fourth-order valence-corrected chi connectivity index (χ4v) is 4.40. The van der Waals surface area contributed by atoms with Crippen LogP contribution in [0, 0.1) is 13.8 Å². The summed E-state index contributed by atoms with van der Waals surface area (Å²) in [6, 6.07) is 13.1. The monoisotopic (exact) mass is 425 g/mol. The van der Waals surface area contributed by atoms with Gasteiger partial charge in [-0.2, -0.15) is 0 Å². The van der Waals surface area contributed by atoms with E-state index in [9.17, 15) is 4.79 Å². The number of furan rings is 1. The lowest BCUT2D eigenvalue weighted by Crippen LogP contribution is -2.40. The molecule has 0 saturated heterocycles. The molecule has 5 nitrogen and oxygen atoms in total. The van der Waals surface area contributed by atoms with Crippen molar-refractivity contribution in [3.05, 3.63) is 81.3 Å². The maximum atomic E-state index is 13.6. The zero-order valence-corrected chi connectivity index (χ0v) is 18.2. The number of nitrogens with zero attached hydrogens (tertiary/aromatic N) is 1. The number of amides is 1. The highest BCUT2D eigenvalue weighted by atomic mass is 35.5. The van der Waals surface area contributed by atoms with Gasteiger partial charge in [0, 0.05) is 11.6 Å². The van der Waals surface area contributed by atoms with Gasteiger partial charge in [0.1, 0.15) is 11.5 Å². The van der Waals surface area contributed by atoms with Gasteiger partial charge < -0.3 is 18.8 Å². The molecule has 6 heteroatoms. The maximum Gasteiger partial charge on any atom is 0.258 e. The first-order valence-corrected chi connectivity index (χ1v) is 10.2. The zero-order valence-electron chi connectivity index (χ0n) is 17.5. The van der Waals surface area contributed by atoms with Crippen LogP contribution in [0.2, 0.25) is 5.02 Å². The van der Waals surface area contributed by atoms with Crippen molar-refractivity contribution < 1.29 is 18.7 Å². The standard InChI is InChI=1S/C24H24ClNO4/c1-14-10-19(15(2)30-14)24(27)26-9-8-16-12-21(28-3)22(29-4)13-20(16)23(26)17-6-5-7-18(25)11-17/h5-7,10-13,23H,8-9H2,1-4H3/t23-/m0/s1. The first kappa shape index (κ1) is 20.4. The van der Waals surface area contributed by atoms with Crippen molar-refractivity contribution in [2.75, 3.05) is 20.8 Å². The molecule has 1 aliphatic heterocycles. The summed E-state index contributed by atoms with van der Waals surface area (Å²) >= 11 is 6.31. The van der Waals surface area contributed by atoms with Gasteiger partial charge in [-0.05, 0) is 67.3 Å². The molecule has 2 heterocycles. The van der Waals surface area contributed by atoms with Crippen LogP contribution in [0.25, 0.3) is 0 Å². The van der Waals surface area contributed by atoms with Crippen molar-refractivity contribution in [2.45, 2.75) is 26.3 Å². The molecule has 3 aromatic rings. The third kappa shape index (κ3) is 3.54. The van der Waals surface area contributed by atoms with Crippen molar-refractivity contribution in [3.8, 4) is 11.5 Å². The molecule has 30 heavy (non-hydrogen) atoms. The molecule has 0 N–H and O–H groups in total. The molecule has 1 aromatic heterocycles. The molecular weight excluding hydrogens is 402 g/mol. The highest BCUT2D eigenvalue weighted by Gasteiger charge is 2.35. The van der Waals surface area contributed by atoms with E-state index in [0.717, 1.165) is 22.5 Å². The SMILES string of the molecule is COc1cc2c(cc1OC)[C@H](c1cccc(Cl)c1)N(C(=O)c1cc(C)oc1C)CC2. The molecule has 1 aliphatic rings. The molecule has 4 rings (SSSR count). The number of hydrogen-bond acceptors (Lipinski definition) is 4. The van der Waals surface area contributed by atoms with Gasteiger partial charge in [-0.1, -0.05) is 23.7 Å². The van der Waals surface area contributed by atoms with E-state index in [-0.39, 0.29) is 11.9 Å². The van der Waals surface area contributed by atoms with Gasteiger partial charge in [0.2, 0.25) is 0 Å². The number of rotatable bonds is 4. The lowest BCUT2D eigenvalue weighted by Gasteiger charge is -2.38. The quantitative estimate of drug-likeness (QED) is 0.565. The average molecular weight is 426 g/mol. The smallest absolute Gasteiger partial charge is 0.258 e. The van der Waals surface area contributed by atoms with Gasteiger partial charge in [-0.15, -0.1) is 0 Å². The second-order valence-electron chi connectivity index (χ2n) is 7.44.